The Hall–Kier alpha value is -1.39. The van der Waals surface area contributed by atoms with E-state index >= 15 is 0 Å². The molecule has 0 aliphatic rings. The Bertz CT molecular complexity index is 572. The number of nitrogens with zero attached hydrogens (tertiary/aromatic N) is 1. The first-order chi connectivity index (χ1) is 9.74. The van der Waals surface area contributed by atoms with Crippen LogP contribution in [-0.2, 0) is 19.5 Å². The van der Waals surface area contributed by atoms with Gasteiger partial charge in [0.05, 0.1) is 17.3 Å². The van der Waals surface area contributed by atoms with Crippen molar-refractivity contribution in [3.8, 4) is 5.75 Å². The summed E-state index contributed by atoms with van der Waals surface area (Å²) in [7, 11) is 1.67. The Morgan fingerprint density at radius 2 is 2.10 bits per heavy atom. The van der Waals surface area contributed by atoms with Gasteiger partial charge in [-0.25, -0.2) is 0 Å². The molecule has 0 saturated heterocycles. The third-order valence-corrected chi connectivity index (χ3v) is 3.82. The molecule has 0 amide bonds. The third-order valence-electron chi connectivity index (χ3n) is 3.20. The number of nitrogens with one attached hydrogen (secondary N) is 1. The Kier molecular flexibility index (Phi) is 5.56. The summed E-state index contributed by atoms with van der Waals surface area (Å²) in [6, 6.07) is 10.2. The van der Waals surface area contributed by atoms with Gasteiger partial charge in [-0.2, -0.15) is 0 Å². The number of aromatic nitrogens is 1. The van der Waals surface area contributed by atoms with Gasteiger partial charge >= 0.3 is 0 Å². The molecule has 0 aliphatic heterocycles. The minimum atomic E-state index is 0.785. The number of methoxy groups -OCH3 is 1. The summed E-state index contributed by atoms with van der Waals surface area (Å²) >= 11 is 3.50. The predicted molar refractivity (Wildman–Crippen MR) is 84.9 cm³/mol. The molecule has 0 spiro atoms. The first-order valence-corrected chi connectivity index (χ1v) is 7.49. The predicted octanol–water partition coefficient (Wildman–Crippen LogP) is 3.70. The molecule has 0 saturated carbocycles. The van der Waals surface area contributed by atoms with Gasteiger partial charge in [0.25, 0.3) is 0 Å². The number of halogens is 1. The van der Waals surface area contributed by atoms with Crippen LogP contribution in [0, 0.1) is 0 Å². The van der Waals surface area contributed by atoms with Gasteiger partial charge in [-0.3, -0.25) is 4.98 Å². The lowest BCUT2D eigenvalue weighted by Crippen LogP contribution is -2.15. The molecule has 1 aromatic carbocycles. The van der Waals surface area contributed by atoms with Crippen molar-refractivity contribution in [3.05, 3.63) is 57.8 Å². The number of rotatable bonds is 6. The van der Waals surface area contributed by atoms with Gasteiger partial charge < -0.3 is 10.1 Å². The van der Waals surface area contributed by atoms with E-state index in [-0.39, 0.29) is 0 Å². The molecule has 2 aromatic rings. The molecule has 0 aliphatic carbocycles. The molecule has 3 nitrogen and oxygen atoms in total. The molecule has 2 rings (SSSR count). The van der Waals surface area contributed by atoms with Crippen molar-refractivity contribution >= 4 is 15.9 Å². The fourth-order valence-electron chi connectivity index (χ4n) is 2.10. The van der Waals surface area contributed by atoms with Crippen LogP contribution in [0.4, 0.5) is 0 Å². The van der Waals surface area contributed by atoms with Crippen molar-refractivity contribution in [1.82, 2.24) is 10.3 Å². The van der Waals surface area contributed by atoms with E-state index < -0.39 is 0 Å². The Morgan fingerprint density at radius 1 is 1.25 bits per heavy atom. The molecule has 0 bridgehead atoms. The molecular formula is C16H19BrN2O. The fourth-order valence-corrected chi connectivity index (χ4v) is 2.69. The van der Waals surface area contributed by atoms with Crippen molar-refractivity contribution in [3.63, 3.8) is 0 Å². The van der Waals surface area contributed by atoms with Gasteiger partial charge in [-0.05, 0) is 51.7 Å². The van der Waals surface area contributed by atoms with Gasteiger partial charge in [0.1, 0.15) is 5.75 Å². The molecule has 1 aromatic heterocycles. The topological polar surface area (TPSA) is 34.2 Å². The molecule has 4 heteroatoms. The summed E-state index contributed by atoms with van der Waals surface area (Å²) in [6.07, 6.45) is 2.86. The number of benzene rings is 1. The van der Waals surface area contributed by atoms with E-state index in [1.165, 1.54) is 11.1 Å². The maximum absolute atomic E-state index is 5.23. The van der Waals surface area contributed by atoms with Crippen LogP contribution in [0.25, 0.3) is 0 Å². The second-order valence-corrected chi connectivity index (χ2v) is 5.39. The van der Waals surface area contributed by atoms with Crippen molar-refractivity contribution < 1.29 is 4.74 Å². The lowest BCUT2D eigenvalue weighted by atomic mass is 10.1. The molecule has 0 unspecified atom stereocenters. The second-order valence-electron chi connectivity index (χ2n) is 4.54. The van der Waals surface area contributed by atoms with Crippen LogP contribution >= 0.6 is 15.9 Å². The van der Waals surface area contributed by atoms with E-state index in [9.17, 15) is 0 Å². The summed E-state index contributed by atoms with van der Waals surface area (Å²) in [5.74, 6) is 0.853. The molecular weight excluding hydrogens is 316 g/mol. The number of aryl methyl sites for hydroxylation is 1. The average molecular weight is 335 g/mol. The standard InChI is InChI=1S/C16H19BrN2O/c1-3-13-5-4-8-19-15(13)11-18-10-12-6-7-16(20-2)14(17)9-12/h4-9,18H,3,10-11H2,1-2H3. The number of hydrogen-bond acceptors (Lipinski definition) is 3. The van der Waals surface area contributed by atoms with Crippen LogP contribution in [0.1, 0.15) is 23.7 Å². The first kappa shape index (κ1) is 15.0. The highest BCUT2D eigenvalue weighted by Crippen LogP contribution is 2.25. The van der Waals surface area contributed by atoms with E-state index in [0.717, 1.165) is 35.4 Å². The zero-order valence-electron chi connectivity index (χ0n) is 11.8. The van der Waals surface area contributed by atoms with Gasteiger partial charge in [0.2, 0.25) is 0 Å². The largest absolute Gasteiger partial charge is 0.496 e. The summed E-state index contributed by atoms with van der Waals surface area (Å²) < 4.78 is 6.20. The van der Waals surface area contributed by atoms with E-state index in [1.54, 1.807) is 7.11 Å². The Balaban J connectivity index is 1.94. The molecule has 1 heterocycles. The van der Waals surface area contributed by atoms with Gasteiger partial charge in [-0.1, -0.05) is 19.1 Å². The Labute approximate surface area is 128 Å². The minimum Gasteiger partial charge on any atom is -0.496 e. The summed E-state index contributed by atoms with van der Waals surface area (Å²) in [5, 5.41) is 3.43. The highest BCUT2D eigenvalue weighted by molar-refractivity contribution is 9.10. The average Bonchev–Trinajstić information content (AvgIpc) is 2.48. The van der Waals surface area contributed by atoms with Crippen LogP contribution in [0.3, 0.4) is 0 Å². The van der Waals surface area contributed by atoms with Crippen LogP contribution in [0.5, 0.6) is 5.75 Å². The third kappa shape index (κ3) is 3.81. The van der Waals surface area contributed by atoms with Crippen LogP contribution in [0.15, 0.2) is 41.0 Å². The summed E-state index contributed by atoms with van der Waals surface area (Å²) in [4.78, 5) is 4.43. The molecule has 0 atom stereocenters. The quantitative estimate of drug-likeness (QED) is 0.874. The van der Waals surface area contributed by atoms with Crippen molar-refractivity contribution in [1.29, 1.82) is 0 Å². The highest BCUT2D eigenvalue weighted by Gasteiger charge is 2.03. The van der Waals surface area contributed by atoms with E-state index in [0.29, 0.717) is 0 Å². The Morgan fingerprint density at radius 3 is 2.80 bits per heavy atom. The number of hydrogen-bond donors (Lipinski definition) is 1. The maximum Gasteiger partial charge on any atom is 0.133 e. The lowest BCUT2D eigenvalue weighted by Gasteiger charge is -2.09. The van der Waals surface area contributed by atoms with Gasteiger partial charge in [-0.15, -0.1) is 0 Å². The zero-order valence-corrected chi connectivity index (χ0v) is 13.4. The smallest absolute Gasteiger partial charge is 0.133 e. The van der Waals surface area contributed by atoms with E-state index in [4.69, 9.17) is 4.74 Å². The normalized spacial score (nSPS) is 10.6. The summed E-state index contributed by atoms with van der Waals surface area (Å²) in [6.45, 7) is 3.75. The second kappa shape index (κ2) is 7.41. The zero-order chi connectivity index (χ0) is 14.4. The molecule has 0 fully saturated rings. The van der Waals surface area contributed by atoms with Crippen molar-refractivity contribution in [2.24, 2.45) is 0 Å². The monoisotopic (exact) mass is 334 g/mol. The van der Waals surface area contributed by atoms with Crippen LogP contribution in [-0.4, -0.2) is 12.1 Å². The summed E-state index contributed by atoms with van der Waals surface area (Å²) in [5.41, 5.74) is 3.64. The van der Waals surface area contributed by atoms with Gasteiger partial charge in [0, 0.05) is 19.3 Å². The fraction of sp³-hybridized carbons (Fsp3) is 0.312. The maximum atomic E-state index is 5.23. The lowest BCUT2D eigenvalue weighted by molar-refractivity contribution is 0.412. The molecule has 106 valence electrons. The SMILES string of the molecule is CCc1cccnc1CNCc1ccc(OC)c(Br)c1. The number of ether oxygens (including phenoxy) is 1. The van der Waals surface area contributed by atoms with E-state index in [1.807, 2.05) is 18.3 Å². The first-order valence-electron chi connectivity index (χ1n) is 6.70. The molecule has 20 heavy (non-hydrogen) atoms. The number of pyridine rings is 1. The van der Waals surface area contributed by atoms with E-state index in [2.05, 4.69) is 51.4 Å². The molecule has 0 radical (unpaired) electrons. The van der Waals surface area contributed by atoms with Crippen molar-refractivity contribution in [2.45, 2.75) is 26.4 Å². The van der Waals surface area contributed by atoms with Gasteiger partial charge in [0.15, 0.2) is 0 Å². The highest BCUT2D eigenvalue weighted by atomic mass is 79.9. The van der Waals surface area contributed by atoms with Crippen molar-refractivity contribution in [2.75, 3.05) is 7.11 Å². The van der Waals surface area contributed by atoms with Crippen LogP contribution < -0.4 is 10.1 Å². The van der Waals surface area contributed by atoms with Crippen LogP contribution in [0.2, 0.25) is 0 Å². The minimum absolute atomic E-state index is 0.785. The molecule has 1 N–H and O–H groups in total.